The van der Waals surface area contributed by atoms with E-state index in [0.29, 0.717) is 25.6 Å². The van der Waals surface area contributed by atoms with Crippen LogP contribution in [0.3, 0.4) is 0 Å². The summed E-state index contributed by atoms with van der Waals surface area (Å²) in [6.07, 6.45) is -0.341. The molecule has 8 nitrogen and oxygen atoms in total. The first-order valence-corrected chi connectivity index (χ1v) is 9.89. The molecular formula is C20H42IN5O3. The van der Waals surface area contributed by atoms with E-state index in [1.165, 1.54) is 0 Å². The molecule has 0 aliphatic rings. The fourth-order valence-electron chi connectivity index (χ4n) is 2.40. The zero-order valence-corrected chi connectivity index (χ0v) is 22.2. The van der Waals surface area contributed by atoms with Gasteiger partial charge in [0.1, 0.15) is 5.60 Å². The number of hydrogen-bond acceptors (Lipinski definition) is 4. The SMILES string of the molecule is CCNC(=NCC(C)CN(C)C(=O)OC(C)(C)C)N(C)CC(=O)NC(C)(C)C.I. The van der Waals surface area contributed by atoms with Gasteiger partial charge in [-0.1, -0.05) is 6.92 Å². The summed E-state index contributed by atoms with van der Waals surface area (Å²) in [6, 6.07) is 0. The number of rotatable bonds is 7. The number of hydrogen-bond donors (Lipinski definition) is 2. The van der Waals surface area contributed by atoms with Crippen molar-refractivity contribution in [3.8, 4) is 0 Å². The lowest BCUT2D eigenvalue weighted by Crippen LogP contribution is -2.49. The average Bonchev–Trinajstić information content (AvgIpc) is 2.47. The maximum atomic E-state index is 12.2. The summed E-state index contributed by atoms with van der Waals surface area (Å²) in [4.78, 5) is 32.2. The number of nitrogens with one attached hydrogen (secondary N) is 2. The normalized spacial score (nSPS) is 13.1. The molecule has 1 atom stereocenters. The largest absolute Gasteiger partial charge is 0.444 e. The van der Waals surface area contributed by atoms with Crippen LogP contribution in [0, 0.1) is 5.92 Å². The van der Waals surface area contributed by atoms with E-state index in [2.05, 4.69) is 15.6 Å². The Morgan fingerprint density at radius 3 is 2.07 bits per heavy atom. The Labute approximate surface area is 194 Å². The Kier molecular flexibility index (Phi) is 13.5. The van der Waals surface area contributed by atoms with Crippen LogP contribution in [0.4, 0.5) is 4.79 Å². The second-order valence-electron chi connectivity index (χ2n) is 9.31. The second-order valence-corrected chi connectivity index (χ2v) is 9.31. The van der Waals surface area contributed by atoms with Gasteiger partial charge in [-0.2, -0.15) is 0 Å². The highest BCUT2D eigenvalue weighted by atomic mass is 127. The summed E-state index contributed by atoms with van der Waals surface area (Å²) in [5.41, 5.74) is -0.782. The van der Waals surface area contributed by atoms with E-state index in [1.807, 2.05) is 62.4 Å². The van der Waals surface area contributed by atoms with Crippen LogP contribution >= 0.6 is 24.0 Å². The molecule has 2 N–H and O–H groups in total. The number of halogens is 1. The minimum Gasteiger partial charge on any atom is -0.444 e. The second kappa shape index (κ2) is 13.1. The predicted molar refractivity (Wildman–Crippen MR) is 130 cm³/mol. The molecule has 0 aliphatic carbocycles. The van der Waals surface area contributed by atoms with Crippen molar-refractivity contribution in [3.05, 3.63) is 0 Å². The minimum absolute atomic E-state index is 0. The van der Waals surface area contributed by atoms with Crippen molar-refractivity contribution in [2.75, 3.05) is 40.3 Å². The number of amides is 2. The van der Waals surface area contributed by atoms with Gasteiger partial charge in [0.25, 0.3) is 0 Å². The maximum Gasteiger partial charge on any atom is 0.410 e. The van der Waals surface area contributed by atoms with Gasteiger partial charge in [0.2, 0.25) is 5.91 Å². The molecule has 0 radical (unpaired) electrons. The maximum absolute atomic E-state index is 12.2. The Morgan fingerprint density at radius 2 is 1.62 bits per heavy atom. The van der Waals surface area contributed by atoms with Crippen molar-refractivity contribution in [1.29, 1.82) is 0 Å². The number of carbonyl (C=O) groups is 2. The van der Waals surface area contributed by atoms with Crippen molar-refractivity contribution in [2.45, 2.75) is 66.5 Å². The van der Waals surface area contributed by atoms with E-state index in [-0.39, 0.29) is 54.0 Å². The van der Waals surface area contributed by atoms with Gasteiger partial charge >= 0.3 is 6.09 Å². The van der Waals surface area contributed by atoms with Gasteiger partial charge in [0.15, 0.2) is 5.96 Å². The van der Waals surface area contributed by atoms with Gasteiger partial charge in [-0.05, 0) is 54.4 Å². The molecule has 9 heteroatoms. The van der Waals surface area contributed by atoms with E-state index in [0.717, 1.165) is 0 Å². The molecule has 0 aromatic rings. The van der Waals surface area contributed by atoms with Gasteiger partial charge in [0, 0.05) is 39.3 Å². The van der Waals surface area contributed by atoms with Gasteiger partial charge < -0.3 is 25.2 Å². The van der Waals surface area contributed by atoms with Crippen molar-refractivity contribution < 1.29 is 14.3 Å². The van der Waals surface area contributed by atoms with Crippen LogP contribution in [0.25, 0.3) is 0 Å². The smallest absolute Gasteiger partial charge is 0.410 e. The van der Waals surface area contributed by atoms with E-state index >= 15 is 0 Å². The van der Waals surface area contributed by atoms with Gasteiger partial charge in [-0.25, -0.2) is 4.79 Å². The third-order valence-corrected chi connectivity index (χ3v) is 3.44. The molecule has 0 saturated heterocycles. The average molecular weight is 527 g/mol. The highest BCUT2D eigenvalue weighted by molar-refractivity contribution is 14.0. The molecule has 0 rings (SSSR count). The molecule has 0 heterocycles. The monoisotopic (exact) mass is 527 g/mol. The van der Waals surface area contributed by atoms with Crippen LogP contribution in [-0.2, 0) is 9.53 Å². The minimum atomic E-state index is -0.513. The molecule has 29 heavy (non-hydrogen) atoms. The summed E-state index contributed by atoms with van der Waals surface area (Å²) >= 11 is 0. The molecule has 1 unspecified atom stereocenters. The van der Waals surface area contributed by atoms with Crippen molar-refractivity contribution in [1.82, 2.24) is 20.4 Å². The Morgan fingerprint density at radius 1 is 1.07 bits per heavy atom. The summed E-state index contributed by atoms with van der Waals surface area (Å²) in [7, 11) is 3.56. The van der Waals surface area contributed by atoms with Crippen molar-refractivity contribution in [3.63, 3.8) is 0 Å². The topological polar surface area (TPSA) is 86.3 Å². The van der Waals surface area contributed by atoms with E-state index in [1.54, 1.807) is 16.8 Å². The third kappa shape index (κ3) is 15.3. The quantitative estimate of drug-likeness (QED) is 0.302. The lowest BCUT2D eigenvalue weighted by Gasteiger charge is -2.27. The fraction of sp³-hybridized carbons (Fsp3) is 0.850. The number of nitrogens with zero attached hydrogens (tertiary/aromatic N) is 3. The number of likely N-dealkylation sites (N-methyl/N-ethyl adjacent to an activating group) is 1. The van der Waals surface area contributed by atoms with Crippen LogP contribution in [0.5, 0.6) is 0 Å². The highest BCUT2D eigenvalue weighted by Crippen LogP contribution is 2.10. The van der Waals surface area contributed by atoms with E-state index < -0.39 is 5.60 Å². The zero-order valence-electron chi connectivity index (χ0n) is 19.9. The Balaban J connectivity index is 0. The fourth-order valence-corrected chi connectivity index (χ4v) is 2.40. The molecule has 0 fully saturated rings. The van der Waals surface area contributed by atoms with Crippen LogP contribution in [-0.4, -0.2) is 79.2 Å². The first-order valence-electron chi connectivity index (χ1n) is 9.89. The number of aliphatic imine (C=N–C) groups is 1. The summed E-state index contributed by atoms with van der Waals surface area (Å²) in [5.74, 6) is 0.750. The van der Waals surface area contributed by atoms with Crippen LogP contribution in [0.1, 0.15) is 55.4 Å². The lowest BCUT2D eigenvalue weighted by molar-refractivity contribution is -0.122. The Hall–Kier alpha value is -1.26. The number of guanidine groups is 1. The van der Waals surface area contributed by atoms with Crippen LogP contribution in [0.15, 0.2) is 4.99 Å². The van der Waals surface area contributed by atoms with Crippen molar-refractivity contribution >= 4 is 41.9 Å². The molecule has 0 spiro atoms. The zero-order chi connectivity index (χ0) is 22.1. The van der Waals surface area contributed by atoms with E-state index in [9.17, 15) is 9.59 Å². The molecule has 2 amide bonds. The number of carbonyl (C=O) groups excluding carboxylic acids is 2. The molecule has 172 valence electrons. The Bertz CT molecular complexity index is 541. The van der Waals surface area contributed by atoms with Crippen LogP contribution < -0.4 is 10.6 Å². The van der Waals surface area contributed by atoms with Crippen molar-refractivity contribution in [2.24, 2.45) is 10.9 Å². The molecule has 0 aliphatic heterocycles. The third-order valence-electron chi connectivity index (χ3n) is 3.44. The first-order chi connectivity index (χ1) is 12.6. The standard InChI is InChI=1S/C20H41N5O3.HI/c1-11-21-17(24(9)14-16(26)23-19(3,4)5)22-12-15(2)13-25(10)18(27)28-20(6,7)8;/h15H,11-14H2,1-10H3,(H,21,22)(H,23,26);1H. The number of ether oxygens (including phenoxy) is 1. The molecule has 0 bridgehead atoms. The predicted octanol–water partition coefficient (Wildman–Crippen LogP) is 2.92. The summed E-state index contributed by atoms with van der Waals surface area (Å²) < 4.78 is 5.37. The first kappa shape index (κ1) is 29.9. The van der Waals surface area contributed by atoms with E-state index in [4.69, 9.17) is 4.74 Å². The van der Waals surface area contributed by atoms with Gasteiger partial charge in [0.05, 0.1) is 6.54 Å². The molecule has 0 saturated carbocycles. The molecule has 0 aromatic heterocycles. The summed E-state index contributed by atoms with van der Waals surface area (Å²) in [5, 5.41) is 6.15. The summed E-state index contributed by atoms with van der Waals surface area (Å²) in [6.45, 7) is 17.4. The molecule has 0 aromatic carbocycles. The van der Waals surface area contributed by atoms with Crippen LogP contribution in [0.2, 0.25) is 0 Å². The highest BCUT2D eigenvalue weighted by Gasteiger charge is 2.21. The van der Waals surface area contributed by atoms with Gasteiger partial charge in [-0.15, -0.1) is 24.0 Å². The van der Waals surface area contributed by atoms with Gasteiger partial charge in [-0.3, -0.25) is 9.79 Å². The molecular weight excluding hydrogens is 485 g/mol. The lowest BCUT2D eigenvalue weighted by atomic mass is 10.1.